The Labute approximate surface area is 63.1 Å². The van der Waals surface area contributed by atoms with Crippen LogP contribution in [0.1, 0.15) is 27.2 Å². The number of hydrogen-bond acceptors (Lipinski definition) is 1. The number of hydrogen-bond donors (Lipinski definition) is 1. The first-order valence-electron chi connectivity index (χ1n) is 3.61. The largest absolute Gasteiger partial charge is 0.393 e. The smallest absolute Gasteiger partial charge is 0.0606 e. The van der Waals surface area contributed by atoms with E-state index in [2.05, 4.69) is 12.3 Å². The normalized spacial score (nSPS) is 12.9. The van der Waals surface area contributed by atoms with E-state index in [9.17, 15) is 5.11 Å². The van der Waals surface area contributed by atoms with Gasteiger partial charge in [-0.3, -0.25) is 0 Å². The summed E-state index contributed by atoms with van der Waals surface area (Å²) < 4.78 is 0. The van der Waals surface area contributed by atoms with Crippen LogP contribution in [0.2, 0.25) is 0 Å². The van der Waals surface area contributed by atoms with Gasteiger partial charge in [-0.2, -0.15) is 0 Å². The van der Waals surface area contributed by atoms with Crippen LogP contribution in [0.3, 0.4) is 0 Å². The standard InChI is InChI=1S/C9H16O/c1-5-8(4)6-9(10)7(2)3/h7,9-10H,1,6H2,2-4H3. The summed E-state index contributed by atoms with van der Waals surface area (Å²) in [6, 6.07) is 0. The van der Waals surface area contributed by atoms with Gasteiger partial charge in [0.05, 0.1) is 6.10 Å². The Morgan fingerprint density at radius 2 is 2.10 bits per heavy atom. The molecule has 0 aliphatic heterocycles. The maximum absolute atomic E-state index is 9.34. The first-order valence-corrected chi connectivity index (χ1v) is 3.61. The van der Waals surface area contributed by atoms with Gasteiger partial charge in [-0.25, -0.2) is 0 Å². The van der Waals surface area contributed by atoms with Gasteiger partial charge in [0.15, 0.2) is 0 Å². The molecule has 0 aromatic rings. The van der Waals surface area contributed by atoms with Crippen molar-refractivity contribution in [2.75, 3.05) is 0 Å². The second kappa shape index (κ2) is 4.32. The fourth-order valence-electron chi connectivity index (χ4n) is 0.622. The van der Waals surface area contributed by atoms with Crippen molar-refractivity contribution >= 4 is 0 Å². The molecular weight excluding hydrogens is 124 g/mol. The summed E-state index contributed by atoms with van der Waals surface area (Å²) in [4.78, 5) is 0. The Morgan fingerprint density at radius 1 is 1.60 bits per heavy atom. The minimum absolute atomic E-state index is 0.241. The van der Waals surface area contributed by atoms with E-state index in [4.69, 9.17) is 0 Å². The molecule has 0 spiro atoms. The molecule has 0 aromatic heterocycles. The zero-order chi connectivity index (χ0) is 8.15. The van der Waals surface area contributed by atoms with Gasteiger partial charge < -0.3 is 5.11 Å². The summed E-state index contributed by atoms with van der Waals surface area (Å²) >= 11 is 0. The van der Waals surface area contributed by atoms with Gasteiger partial charge in [0.25, 0.3) is 0 Å². The zero-order valence-electron chi connectivity index (χ0n) is 7.02. The fraction of sp³-hybridized carbons (Fsp3) is 0.667. The minimum Gasteiger partial charge on any atom is -0.393 e. The first kappa shape index (κ1) is 9.48. The highest BCUT2D eigenvalue weighted by atomic mass is 16.3. The van der Waals surface area contributed by atoms with Gasteiger partial charge in [-0.15, -0.1) is 5.73 Å². The molecule has 1 atom stereocenters. The second-order valence-corrected chi connectivity index (χ2v) is 2.97. The van der Waals surface area contributed by atoms with Crippen LogP contribution in [0, 0.1) is 5.92 Å². The van der Waals surface area contributed by atoms with E-state index in [1.54, 1.807) is 0 Å². The molecule has 1 nitrogen and oxygen atoms in total. The van der Waals surface area contributed by atoms with E-state index >= 15 is 0 Å². The molecule has 1 unspecified atom stereocenters. The number of rotatable bonds is 3. The van der Waals surface area contributed by atoms with Crippen molar-refractivity contribution in [1.82, 2.24) is 0 Å². The molecule has 0 saturated carbocycles. The quantitative estimate of drug-likeness (QED) is 0.595. The molecular formula is C9H16O. The van der Waals surface area contributed by atoms with Crippen molar-refractivity contribution in [3.8, 4) is 0 Å². The Balaban J connectivity index is 3.79. The van der Waals surface area contributed by atoms with Crippen LogP contribution < -0.4 is 0 Å². The molecule has 0 amide bonds. The average molecular weight is 140 g/mol. The van der Waals surface area contributed by atoms with Gasteiger partial charge >= 0.3 is 0 Å². The van der Waals surface area contributed by atoms with Gasteiger partial charge in [0.2, 0.25) is 0 Å². The van der Waals surface area contributed by atoms with Crippen LogP contribution in [0.15, 0.2) is 17.9 Å². The van der Waals surface area contributed by atoms with Gasteiger partial charge in [-0.1, -0.05) is 20.4 Å². The van der Waals surface area contributed by atoms with E-state index < -0.39 is 0 Å². The van der Waals surface area contributed by atoms with Crippen molar-refractivity contribution in [1.29, 1.82) is 0 Å². The first-order chi connectivity index (χ1) is 4.57. The summed E-state index contributed by atoms with van der Waals surface area (Å²) in [5.74, 6) is 0.322. The molecule has 0 bridgehead atoms. The lowest BCUT2D eigenvalue weighted by Gasteiger charge is -2.12. The molecule has 0 heterocycles. The average Bonchev–Trinajstić information content (AvgIpc) is 1.87. The monoisotopic (exact) mass is 140 g/mol. The lowest BCUT2D eigenvalue weighted by molar-refractivity contribution is 0.126. The zero-order valence-corrected chi connectivity index (χ0v) is 7.02. The van der Waals surface area contributed by atoms with Gasteiger partial charge in [-0.05, 0) is 18.4 Å². The molecule has 0 aliphatic carbocycles. The Morgan fingerprint density at radius 3 is 2.40 bits per heavy atom. The Bertz CT molecular complexity index is 141. The van der Waals surface area contributed by atoms with Crippen molar-refractivity contribution in [2.45, 2.75) is 33.3 Å². The maximum atomic E-state index is 9.34. The molecule has 1 heteroatoms. The molecule has 1 N–H and O–H groups in total. The third kappa shape index (κ3) is 3.49. The van der Waals surface area contributed by atoms with Crippen LogP contribution in [-0.4, -0.2) is 11.2 Å². The molecule has 0 saturated heterocycles. The van der Waals surface area contributed by atoms with Crippen LogP contribution in [0.4, 0.5) is 0 Å². The van der Waals surface area contributed by atoms with Gasteiger partial charge in [0, 0.05) is 6.42 Å². The van der Waals surface area contributed by atoms with Crippen LogP contribution >= 0.6 is 0 Å². The predicted octanol–water partition coefficient (Wildman–Crippen LogP) is 2.12. The summed E-state index contributed by atoms with van der Waals surface area (Å²) in [5, 5.41) is 9.34. The summed E-state index contributed by atoms with van der Waals surface area (Å²) in [5.41, 5.74) is 3.79. The van der Waals surface area contributed by atoms with Gasteiger partial charge in [0.1, 0.15) is 0 Å². The Kier molecular flexibility index (Phi) is 4.10. The third-order valence-electron chi connectivity index (χ3n) is 1.59. The minimum atomic E-state index is -0.241. The van der Waals surface area contributed by atoms with E-state index in [-0.39, 0.29) is 6.10 Å². The highest BCUT2D eigenvalue weighted by Gasteiger charge is 2.08. The molecule has 0 radical (unpaired) electrons. The van der Waals surface area contributed by atoms with E-state index in [1.165, 1.54) is 0 Å². The lowest BCUT2D eigenvalue weighted by Crippen LogP contribution is -2.14. The maximum Gasteiger partial charge on any atom is 0.0606 e. The third-order valence-corrected chi connectivity index (χ3v) is 1.59. The predicted molar refractivity (Wildman–Crippen MR) is 43.8 cm³/mol. The summed E-state index contributed by atoms with van der Waals surface area (Å²) in [6.45, 7) is 9.43. The Hall–Kier alpha value is -0.520. The van der Waals surface area contributed by atoms with Crippen molar-refractivity contribution in [3.63, 3.8) is 0 Å². The highest BCUT2D eigenvalue weighted by Crippen LogP contribution is 2.10. The topological polar surface area (TPSA) is 20.2 Å². The summed E-state index contributed by atoms with van der Waals surface area (Å²) in [7, 11) is 0. The van der Waals surface area contributed by atoms with Crippen molar-refractivity contribution in [2.24, 2.45) is 5.92 Å². The number of aliphatic hydroxyl groups is 1. The SMILES string of the molecule is C=C=C(C)CC(O)C(C)C. The van der Waals surface area contributed by atoms with E-state index in [0.717, 1.165) is 5.57 Å². The van der Waals surface area contributed by atoms with Crippen molar-refractivity contribution in [3.05, 3.63) is 17.9 Å². The van der Waals surface area contributed by atoms with Crippen LogP contribution in [0.5, 0.6) is 0 Å². The highest BCUT2D eigenvalue weighted by molar-refractivity contribution is 4.96. The molecule has 0 aromatic carbocycles. The van der Waals surface area contributed by atoms with Crippen LogP contribution in [-0.2, 0) is 0 Å². The second-order valence-electron chi connectivity index (χ2n) is 2.97. The molecule has 0 fully saturated rings. The molecule has 0 aliphatic rings. The number of aliphatic hydroxyl groups excluding tert-OH is 1. The fourth-order valence-corrected chi connectivity index (χ4v) is 0.622. The lowest BCUT2D eigenvalue weighted by atomic mass is 10.0. The molecule has 10 heavy (non-hydrogen) atoms. The molecule has 0 rings (SSSR count). The van der Waals surface area contributed by atoms with E-state index in [1.807, 2.05) is 20.8 Å². The van der Waals surface area contributed by atoms with E-state index in [0.29, 0.717) is 12.3 Å². The van der Waals surface area contributed by atoms with Crippen LogP contribution in [0.25, 0.3) is 0 Å². The van der Waals surface area contributed by atoms with Crippen molar-refractivity contribution < 1.29 is 5.11 Å². The summed E-state index contributed by atoms with van der Waals surface area (Å²) in [6.07, 6.45) is 0.454. The molecule has 58 valence electrons.